The topological polar surface area (TPSA) is 93.9 Å². The van der Waals surface area contributed by atoms with Gasteiger partial charge in [0.2, 0.25) is 0 Å². The zero-order valence-corrected chi connectivity index (χ0v) is 11.5. The summed E-state index contributed by atoms with van der Waals surface area (Å²) in [6.45, 7) is 4.17. The number of rotatable bonds is 10. The van der Waals surface area contributed by atoms with Crippen LogP contribution in [0.15, 0.2) is 18.2 Å². The molecule has 0 bridgehead atoms. The first-order chi connectivity index (χ1) is 9.69. The number of aliphatic hydroxyl groups is 1. The van der Waals surface area contributed by atoms with E-state index in [1.54, 1.807) is 6.07 Å². The van der Waals surface area contributed by atoms with Crippen molar-refractivity contribution in [1.82, 2.24) is 5.32 Å². The Morgan fingerprint density at radius 3 is 2.80 bits per heavy atom. The predicted molar refractivity (Wildman–Crippen MR) is 73.9 cm³/mol. The molecular formula is C13H20N2O5. The van der Waals surface area contributed by atoms with Gasteiger partial charge in [0.05, 0.1) is 24.7 Å². The molecule has 2 N–H and O–H groups in total. The molecule has 0 saturated heterocycles. The molecule has 20 heavy (non-hydrogen) atoms. The molecular weight excluding hydrogens is 264 g/mol. The van der Waals surface area contributed by atoms with Crippen LogP contribution in [0.4, 0.5) is 5.69 Å². The Balaban J connectivity index is 2.64. The lowest BCUT2D eigenvalue weighted by atomic mass is 10.1. The second-order valence-electron chi connectivity index (χ2n) is 4.01. The fraction of sp³-hybridized carbons (Fsp3) is 0.538. The van der Waals surface area contributed by atoms with Gasteiger partial charge in [0, 0.05) is 24.2 Å². The average Bonchev–Trinajstić information content (AvgIpc) is 2.45. The Labute approximate surface area is 117 Å². The van der Waals surface area contributed by atoms with Crippen LogP contribution < -0.4 is 10.1 Å². The number of non-ortho nitro benzene ring substituents is 1. The summed E-state index contributed by atoms with van der Waals surface area (Å²) in [5.74, 6) is 0.601. The number of ether oxygens (including phenoxy) is 2. The van der Waals surface area contributed by atoms with Gasteiger partial charge in [0.1, 0.15) is 12.4 Å². The molecule has 1 aromatic carbocycles. The lowest BCUT2D eigenvalue weighted by molar-refractivity contribution is -0.384. The molecule has 0 spiro atoms. The van der Waals surface area contributed by atoms with Gasteiger partial charge >= 0.3 is 0 Å². The van der Waals surface area contributed by atoms with Crippen LogP contribution in [0.1, 0.15) is 12.5 Å². The van der Waals surface area contributed by atoms with Crippen molar-refractivity contribution in [1.29, 1.82) is 0 Å². The van der Waals surface area contributed by atoms with Gasteiger partial charge in [-0.1, -0.05) is 6.92 Å². The highest BCUT2D eigenvalue weighted by Crippen LogP contribution is 2.24. The smallest absolute Gasteiger partial charge is 0.270 e. The lowest BCUT2D eigenvalue weighted by Gasteiger charge is -2.12. The Bertz CT molecular complexity index is 425. The normalized spacial score (nSPS) is 10.5. The highest BCUT2D eigenvalue weighted by molar-refractivity contribution is 5.43. The molecule has 0 fully saturated rings. The van der Waals surface area contributed by atoms with Crippen molar-refractivity contribution < 1.29 is 19.5 Å². The van der Waals surface area contributed by atoms with E-state index < -0.39 is 4.92 Å². The number of nitro benzene ring substituents is 1. The zero-order chi connectivity index (χ0) is 14.8. The number of nitrogens with one attached hydrogen (secondary N) is 1. The van der Waals surface area contributed by atoms with Crippen molar-refractivity contribution in [2.45, 2.75) is 13.5 Å². The molecule has 112 valence electrons. The van der Waals surface area contributed by atoms with Crippen LogP contribution in [0, 0.1) is 10.1 Å². The number of nitro groups is 1. The molecule has 1 rings (SSSR count). The van der Waals surface area contributed by atoms with Crippen molar-refractivity contribution in [3.05, 3.63) is 33.9 Å². The quantitative estimate of drug-likeness (QED) is 0.379. The van der Waals surface area contributed by atoms with Crippen molar-refractivity contribution >= 4 is 5.69 Å². The van der Waals surface area contributed by atoms with Gasteiger partial charge in [0.15, 0.2) is 0 Å². The van der Waals surface area contributed by atoms with Gasteiger partial charge in [-0.05, 0) is 12.6 Å². The van der Waals surface area contributed by atoms with Gasteiger partial charge < -0.3 is 19.9 Å². The maximum absolute atomic E-state index is 10.8. The highest BCUT2D eigenvalue weighted by Gasteiger charge is 2.11. The minimum atomic E-state index is -0.427. The fourth-order valence-corrected chi connectivity index (χ4v) is 1.60. The number of nitrogens with zero attached hydrogens (tertiary/aromatic N) is 1. The van der Waals surface area contributed by atoms with Gasteiger partial charge in [-0.25, -0.2) is 0 Å². The molecule has 1 aromatic rings. The molecule has 7 heteroatoms. The third kappa shape index (κ3) is 5.52. The maximum atomic E-state index is 10.8. The van der Waals surface area contributed by atoms with E-state index in [-0.39, 0.29) is 18.9 Å². The summed E-state index contributed by atoms with van der Waals surface area (Å²) in [6, 6.07) is 4.52. The zero-order valence-electron chi connectivity index (χ0n) is 11.5. The van der Waals surface area contributed by atoms with E-state index in [9.17, 15) is 10.1 Å². The lowest BCUT2D eigenvalue weighted by Crippen LogP contribution is -2.14. The number of aliphatic hydroxyl groups excluding tert-OH is 1. The Hall–Kier alpha value is -1.70. The number of benzene rings is 1. The Morgan fingerprint density at radius 1 is 1.35 bits per heavy atom. The summed E-state index contributed by atoms with van der Waals surface area (Å²) in [5, 5.41) is 22.5. The first-order valence-corrected chi connectivity index (χ1v) is 6.48. The molecule has 0 unspecified atom stereocenters. The second-order valence-corrected chi connectivity index (χ2v) is 4.01. The largest absolute Gasteiger partial charge is 0.491 e. The van der Waals surface area contributed by atoms with Crippen molar-refractivity contribution in [2.24, 2.45) is 0 Å². The van der Waals surface area contributed by atoms with Crippen molar-refractivity contribution in [2.75, 3.05) is 33.0 Å². The molecule has 0 heterocycles. The standard InChI is InChI=1S/C13H20N2O5/c1-2-14-10-11-9-12(15(17)18)3-4-13(11)20-8-7-19-6-5-16/h3-4,9,14,16H,2,5-8,10H2,1H3. The van der Waals surface area contributed by atoms with Crippen LogP contribution in [0.2, 0.25) is 0 Å². The third-order valence-electron chi connectivity index (χ3n) is 2.54. The SMILES string of the molecule is CCNCc1cc([N+](=O)[O-])ccc1OCCOCCO. The Morgan fingerprint density at radius 2 is 2.15 bits per heavy atom. The van der Waals surface area contributed by atoms with E-state index in [1.165, 1.54) is 12.1 Å². The molecule has 0 amide bonds. The van der Waals surface area contributed by atoms with E-state index in [1.807, 2.05) is 6.92 Å². The Kier molecular flexibility index (Phi) is 7.56. The highest BCUT2D eigenvalue weighted by atomic mass is 16.6. The molecule has 0 aromatic heterocycles. The van der Waals surface area contributed by atoms with Crippen molar-refractivity contribution in [3.8, 4) is 5.75 Å². The van der Waals surface area contributed by atoms with E-state index in [2.05, 4.69) is 5.32 Å². The maximum Gasteiger partial charge on any atom is 0.270 e. The third-order valence-corrected chi connectivity index (χ3v) is 2.54. The number of hydrogen-bond acceptors (Lipinski definition) is 6. The summed E-state index contributed by atoms with van der Waals surface area (Å²) in [5.41, 5.74) is 0.782. The summed E-state index contributed by atoms with van der Waals surface area (Å²) < 4.78 is 10.6. The van der Waals surface area contributed by atoms with Crippen LogP contribution in [-0.4, -0.2) is 43.0 Å². The summed E-state index contributed by atoms with van der Waals surface area (Å²) >= 11 is 0. The molecule has 0 atom stereocenters. The van der Waals surface area contributed by atoms with E-state index in [0.29, 0.717) is 25.5 Å². The van der Waals surface area contributed by atoms with Gasteiger partial charge in [-0.15, -0.1) is 0 Å². The molecule has 0 aliphatic heterocycles. The van der Waals surface area contributed by atoms with Crippen LogP contribution in [0.5, 0.6) is 5.75 Å². The predicted octanol–water partition coefficient (Wildman–Crippen LogP) is 1.09. The monoisotopic (exact) mass is 284 g/mol. The molecule has 0 saturated carbocycles. The van der Waals surface area contributed by atoms with Crippen LogP contribution >= 0.6 is 0 Å². The van der Waals surface area contributed by atoms with Crippen LogP contribution in [-0.2, 0) is 11.3 Å². The molecule has 0 aliphatic rings. The summed E-state index contributed by atoms with van der Waals surface area (Å²) in [4.78, 5) is 10.3. The summed E-state index contributed by atoms with van der Waals surface area (Å²) in [7, 11) is 0. The summed E-state index contributed by atoms with van der Waals surface area (Å²) in [6.07, 6.45) is 0. The second kappa shape index (κ2) is 9.24. The number of hydrogen-bond donors (Lipinski definition) is 2. The van der Waals surface area contributed by atoms with Crippen LogP contribution in [0.3, 0.4) is 0 Å². The molecule has 7 nitrogen and oxygen atoms in total. The van der Waals surface area contributed by atoms with E-state index in [4.69, 9.17) is 14.6 Å². The average molecular weight is 284 g/mol. The van der Waals surface area contributed by atoms with E-state index in [0.717, 1.165) is 12.1 Å². The van der Waals surface area contributed by atoms with Gasteiger partial charge in [0.25, 0.3) is 5.69 Å². The molecule has 0 radical (unpaired) electrons. The first-order valence-electron chi connectivity index (χ1n) is 6.48. The van der Waals surface area contributed by atoms with Gasteiger partial charge in [-0.2, -0.15) is 0 Å². The van der Waals surface area contributed by atoms with Crippen LogP contribution in [0.25, 0.3) is 0 Å². The van der Waals surface area contributed by atoms with E-state index >= 15 is 0 Å². The van der Waals surface area contributed by atoms with Crippen molar-refractivity contribution in [3.63, 3.8) is 0 Å². The molecule has 0 aliphatic carbocycles. The first kappa shape index (κ1) is 16.4. The fourth-order valence-electron chi connectivity index (χ4n) is 1.60. The minimum absolute atomic E-state index is 0.0246. The minimum Gasteiger partial charge on any atom is -0.491 e. The van der Waals surface area contributed by atoms with Gasteiger partial charge in [-0.3, -0.25) is 10.1 Å².